The number of methoxy groups -OCH3 is 1. The summed E-state index contributed by atoms with van der Waals surface area (Å²) in [6.45, 7) is 2.00. The Morgan fingerprint density at radius 2 is 1.92 bits per heavy atom. The van der Waals surface area contributed by atoms with Crippen LogP contribution in [0, 0.1) is 6.92 Å². The number of nitrogens with zero attached hydrogens (tertiary/aromatic N) is 4. The molecule has 4 aromatic rings. The molecule has 0 spiro atoms. The van der Waals surface area contributed by atoms with Crippen LogP contribution in [0.3, 0.4) is 0 Å². The fourth-order valence-corrected chi connectivity index (χ4v) is 5.41. The Labute approximate surface area is 221 Å². The molecule has 0 unspecified atom stereocenters. The number of aromatic nitrogens is 3. The summed E-state index contributed by atoms with van der Waals surface area (Å²) in [7, 11) is -1.99. The second kappa shape index (κ2) is 9.83. The molecule has 4 heterocycles. The highest BCUT2D eigenvalue weighted by Gasteiger charge is 2.42. The van der Waals surface area contributed by atoms with Gasteiger partial charge in [0.05, 0.1) is 30.8 Å². The van der Waals surface area contributed by atoms with Crippen molar-refractivity contribution in [3.63, 3.8) is 0 Å². The summed E-state index contributed by atoms with van der Waals surface area (Å²) in [5, 5.41) is 3.95. The third kappa shape index (κ3) is 5.00. The molecule has 3 aromatic heterocycles. The van der Waals surface area contributed by atoms with Crippen molar-refractivity contribution < 1.29 is 13.2 Å². The van der Waals surface area contributed by atoms with E-state index in [0.717, 1.165) is 34.7 Å². The van der Waals surface area contributed by atoms with E-state index in [4.69, 9.17) is 17.0 Å². The number of aryl methyl sites for hydroxylation is 1. The number of hydrogen-bond acceptors (Lipinski definition) is 6. The van der Waals surface area contributed by atoms with Gasteiger partial charge < -0.3 is 19.5 Å². The molecule has 0 saturated carbocycles. The fraction of sp³-hybridized carbons (Fsp3) is 0.192. The molecule has 11 heteroatoms. The van der Waals surface area contributed by atoms with E-state index in [0.29, 0.717) is 16.5 Å². The van der Waals surface area contributed by atoms with Gasteiger partial charge in [0.1, 0.15) is 17.6 Å². The largest absolute Gasteiger partial charge is 0.494 e. The molecule has 0 aliphatic carbocycles. The van der Waals surface area contributed by atoms with E-state index in [2.05, 4.69) is 20.0 Å². The molecule has 1 fully saturated rings. The van der Waals surface area contributed by atoms with Gasteiger partial charge in [-0.3, -0.25) is 9.71 Å². The fourth-order valence-electron chi connectivity index (χ4n) is 4.49. The summed E-state index contributed by atoms with van der Waals surface area (Å²) in [4.78, 5) is 11.2. The first-order valence-corrected chi connectivity index (χ1v) is 13.8. The zero-order valence-corrected chi connectivity index (χ0v) is 22.1. The van der Waals surface area contributed by atoms with Gasteiger partial charge in [-0.25, -0.2) is 13.4 Å². The van der Waals surface area contributed by atoms with Gasteiger partial charge in [0.2, 0.25) is 10.0 Å². The first kappa shape index (κ1) is 24.7. The number of ether oxygens (including phenoxy) is 1. The molecule has 2 atom stereocenters. The van der Waals surface area contributed by atoms with Crippen LogP contribution in [-0.2, 0) is 10.0 Å². The molecule has 2 N–H and O–H groups in total. The number of sulfonamides is 1. The van der Waals surface area contributed by atoms with Crippen LogP contribution in [0.1, 0.15) is 29.0 Å². The van der Waals surface area contributed by atoms with Gasteiger partial charge in [0, 0.05) is 36.0 Å². The summed E-state index contributed by atoms with van der Waals surface area (Å²) in [5.74, 6) is 1.16. The minimum Gasteiger partial charge on any atom is -0.494 e. The predicted molar refractivity (Wildman–Crippen MR) is 148 cm³/mol. The van der Waals surface area contributed by atoms with Crippen molar-refractivity contribution in [3.8, 4) is 11.6 Å². The maximum atomic E-state index is 11.8. The second-order valence-corrected chi connectivity index (χ2v) is 10.9. The zero-order valence-electron chi connectivity index (χ0n) is 20.5. The van der Waals surface area contributed by atoms with E-state index in [1.807, 2.05) is 77.3 Å². The average Bonchev–Trinajstić information content (AvgIpc) is 3.49. The van der Waals surface area contributed by atoms with Crippen LogP contribution in [0.15, 0.2) is 79.3 Å². The SMILES string of the molecule is COc1cc(N2C(=S)N[C@@H](c3ccccn3)[C@@H]2c2cccn2-c2ccc(C)cn2)ccc1NS(C)(=O)=O. The van der Waals surface area contributed by atoms with Gasteiger partial charge in [-0.05, 0) is 67.2 Å². The highest BCUT2D eigenvalue weighted by Crippen LogP contribution is 2.43. The molecule has 5 rings (SSSR count). The molecular formula is C26H26N6O3S2. The first-order valence-electron chi connectivity index (χ1n) is 11.5. The third-order valence-electron chi connectivity index (χ3n) is 6.08. The Kier molecular flexibility index (Phi) is 6.57. The quantitative estimate of drug-likeness (QED) is 0.341. The Hall–Kier alpha value is -3.96. The summed E-state index contributed by atoms with van der Waals surface area (Å²) in [6.07, 6.45) is 6.67. The second-order valence-electron chi connectivity index (χ2n) is 8.75. The molecule has 0 amide bonds. The number of anilines is 2. The van der Waals surface area contributed by atoms with Crippen LogP contribution in [-0.4, -0.2) is 41.4 Å². The van der Waals surface area contributed by atoms with Gasteiger partial charge in [0.15, 0.2) is 5.11 Å². The van der Waals surface area contributed by atoms with Crippen LogP contribution in [0.2, 0.25) is 0 Å². The van der Waals surface area contributed by atoms with E-state index in [9.17, 15) is 8.42 Å². The Morgan fingerprint density at radius 1 is 1.08 bits per heavy atom. The molecule has 9 nitrogen and oxygen atoms in total. The van der Waals surface area contributed by atoms with E-state index >= 15 is 0 Å². The lowest BCUT2D eigenvalue weighted by Gasteiger charge is -2.29. The molecule has 1 aliphatic rings. The van der Waals surface area contributed by atoms with Crippen molar-refractivity contribution in [1.29, 1.82) is 0 Å². The van der Waals surface area contributed by atoms with Gasteiger partial charge in [-0.1, -0.05) is 12.1 Å². The van der Waals surface area contributed by atoms with Crippen molar-refractivity contribution in [1.82, 2.24) is 19.9 Å². The number of hydrogen-bond donors (Lipinski definition) is 2. The number of nitrogens with one attached hydrogen (secondary N) is 2. The van der Waals surface area contributed by atoms with Crippen LogP contribution < -0.4 is 19.7 Å². The minimum absolute atomic E-state index is 0.257. The van der Waals surface area contributed by atoms with E-state index in [-0.39, 0.29) is 12.1 Å². The molecule has 37 heavy (non-hydrogen) atoms. The average molecular weight is 535 g/mol. The lowest BCUT2D eigenvalue weighted by atomic mass is 10.0. The number of thiocarbonyl (C=S) groups is 1. The van der Waals surface area contributed by atoms with E-state index < -0.39 is 10.0 Å². The molecule has 1 aromatic carbocycles. The maximum absolute atomic E-state index is 11.8. The normalized spacial score (nSPS) is 17.5. The third-order valence-corrected chi connectivity index (χ3v) is 6.99. The highest BCUT2D eigenvalue weighted by molar-refractivity contribution is 7.92. The molecule has 0 radical (unpaired) electrons. The van der Waals surface area contributed by atoms with Gasteiger partial charge in [-0.2, -0.15) is 0 Å². The number of rotatable bonds is 7. The molecule has 190 valence electrons. The molecule has 1 saturated heterocycles. The van der Waals surface area contributed by atoms with E-state index in [1.165, 1.54) is 7.11 Å². The van der Waals surface area contributed by atoms with Gasteiger partial charge >= 0.3 is 0 Å². The van der Waals surface area contributed by atoms with Crippen molar-refractivity contribution in [2.24, 2.45) is 0 Å². The summed E-state index contributed by atoms with van der Waals surface area (Å²) < 4.78 is 33.7. The van der Waals surface area contributed by atoms with Crippen LogP contribution in [0.4, 0.5) is 11.4 Å². The van der Waals surface area contributed by atoms with Gasteiger partial charge in [0.25, 0.3) is 0 Å². The van der Waals surface area contributed by atoms with Crippen molar-refractivity contribution >= 4 is 38.7 Å². The minimum atomic E-state index is -3.48. The summed E-state index contributed by atoms with van der Waals surface area (Å²) in [5.41, 5.74) is 3.95. The molecular weight excluding hydrogens is 508 g/mol. The Bertz CT molecular complexity index is 1540. The summed E-state index contributed by atoms with van der Waals surface area (Å²) in [6, 6.07) is 18.5. The van der Waals surface area contributed by atoms with Crippen molar-refractivity contribution in [3.05, 3.63) is 96.2 Å². The van der Waals surface area contributed by atoms with Gasteiger partial charge in [-0.15, -0.1) is 0 Å². The van der Waals surface area contributed by atoms with E-state index in [1.54, 1.807) is 18.3 Å². The topological polar surface area (TPSA) is 101 Å². The number of benzene rings is 1. The number of pyridine rings is 2. The lowest BCUT2D eigenvalue weighted by molar-refractivity contribution is 0.417. The molecule has 1 aliphatic heterocycles. The first-order chi connectivity index (χ1) is 17.7. The Morgan fingerprint density at radius 3 is 2.59 bits per heavy atom. The Balaban J connectivity index is 1.64. The zero-order chi connectivity index (χ0) is 26.2. The monoisotopic (exact) mass is 534 g/mol. The highest BCUT2D eigenvalue weighted by atomic mass is 32.2. The standard InChI is InChI=1S/C26H26N6O3S2/c1-17-9-12-23(28-16-17)31-14-6-8-21(31)25-24(20-7-4-5-13-27-20)29-26(36)32(25)18-10-11-19(22(15-18)35-2)30-37(3,33)34/h4-16,24-25,30H,1-3H3,(H,29,36)/t24-,25-/m0/s1. The van der Waals surface area contributed by atoms with Crippen LogP contribution in [0.5, 0.6) is 5.75 Å². The lowest BCUT2D eigenvalue weighted by Crippen LogP contribution is -2.30. The van der Waals surface area contributed by atoms with Crippen LogP contribution in [0.25, 0.3) is 5.82 Å². The maximum Gasteiger partial charge on any atom is 0.229 e. The molecule has 0 bridgehead atoms. The summed E-state index contributed by atoms with van der Waals surface area (Å²) >= 11 is 5.84. The van der Waals surface area contributed by atoms with Crippen molar-refractivity contribution in [2.75, 3.05) is 23.0 Å². The van der Waals surface area contributed by atoms with Crippen molar-refractivity contribution in [2.45, 2.75) is 19.0 Å². The van der Waals surface area contributed by atoms with Crippen LogP contribution >= 0.6 is 12.2 Å². The predicted octanol–water partition coefficient (Wildman–Crippen LogP) is 4.13. The smallest absolute Gasteiger partial charge is 0.229 e.